The van der Waals surface area contributed by atoms with Crippen LogP contribution < -0.4 is 18.1 Å². The van der Waals surface area contributed by atoms with E-state index in [1.165, 1.54) is 18.2 Å². The van der Waals surface area contributed by atoms with Crippen LogP contribution >= 0.6 is 11.6 Å². The van der Waals surface area contributed by atoms with Crippen molar-refractivity contribution in [2.24, 2.45) is 11.8 Å². The Kier molecular flexibility index (Phi) is 6.08. The van der Waals surface area contributed by atoms with Gasteiger partial charge in [0.05, 0.1) is 4.92 Å². The number of nitrogen functional groups attached to an aromatic ring is 1. The summed E-state index contributed by atoms with van der Waals surface area (Å²) in [6.45, 7) is 3.93. The predicted molar refractivity (Wildman–Crippen MR) is 65.9 cm³/mol. The van der Waals surface area contributed by atoms with Crippen LogP contribution in [0.3, 0.4) is 0 Å². The zero-order chi connectivity index (χ0) is 13.2. The SMILES string of the molecule is CC1C(=O)C1C.Nc1ccc(Cl)cc1[N+](=O)[O-].[Cl-]. The largest absolute Gasteiger partial charge is 1.00 e. The van der Waals surface area contributed by atoms with Crippen molar-refractivity contribution in [2.75, 3.05) is 5.73 Å². The number of benzene rings is 1. The number of nitrogens with zero attached hydrogens (tertiary/aromatic N) is 1. The molecule has 1 fully saturated rings. The number of carbonyl (C=O) groups excluding carboxylic acids is 1. The molecule has 0 aromatic heterocycles. The summed E-state index contributed by atoms with van der Waals surface area (Å²) in [7, 11) is 0. The molecule has 5 nitrogen and oxygen atoms in total. The van der Waals surface area contributed by atoms with E-state index in [1.807, 2.05) is 13.8 Å². The Balaban J connectivity index is 0.000000352. The second-order valence-electron chi connectivity index (χ2n) is 3.94. The first kappa shape index (κ1) is 16.7. The molecule has 0 heterocycles. The lowest BCUT2D eigenvalue weighted by atomic mass is 10.3. The van der Waals surface area contributed by atoms with E-state index in [9.17, 15) is 14.9 Å². The van der Waals surface area contributed by atoms with Crippen molar-refractivity contribution in [3.63, 3.8) is 0 Å². The molecule has 7 heteroatoms. The maximum atomic E-state index is 10.2. The van der Waals surface area contributed by atoms with Gasteiger partial charge in [0.1, 0.15) is 11.5 Å². The lowest BCUT2D eigenvalue weighted by Gasteiger charge is -1.95. The molecule has 1 aromatic rings. The van der Waals surface area contributed by atoms with E-state index in [-0.39, 0.29) is 23.8 Å². The number of carbonyl (C=O) groups is 1. The Morgan fingerprint density at radius 3 is 2.06 bits per heavy atom. The van der Waals surface area contributed by atoms with Gasteiger partial charge in [0.15, 0.2) is 0 Å². The number of nitro benzene ring substituents is 1. The van der Waals surface area contributed by atoms with Gasteiger partial charge < -0.3 is 18.1 Å². The summed E-state index contributed by atoms with van der Waals surface area (Å²) in [5.74, 6) is 1.19. The van der Waals surface area contributed by atoms with E-state index in [0.29, 0.717) is 22.6 Å². The summed E-state index contributed by atoms with van der Waals surface area (Å²) in [5, 5.41) is 10.6. The summed E-state index contributed by atoms with van der Waals surface area (Å²) in [6.07, 6.45) is 0. The van der Waals surface area contributed by atoms with Crippen molar-refractivity contribution < 1.29 is 22.1 Å². The van der Waals surface area contributed by atoms with Crippen molar-refractivity contribution >= 4 is 28.8 Å². The fraction of sp³-hybridized carbons (Fsp3) is 0.364. The smallest absolute Gasteiger partial charge is 0.293 e. The highest BCUT2D eigenvalue weighted by molar-refractivity contribution is 6.30. The summed E-state index contributed by atoms with van der Waals surface area (Å²) in [6, 6.07) is 4.13. The first-order chi connectivity index (χ1) is 7.84. The average molecular weight is 292 g/mol. The second-order valence-corrected chi connectivity index (χ2v) is 4.38. The zero-order valence-electron chi connectivity index (χ0n) is 9.89. The molecule has 2 atom stereocenters. The minimum Gasteiger partial charge on any atom is -1.00 e. The fourth-order valence-electron chi connectivity index (χ4n) is 1.20. The van der Waals surface area contributed by atoms with Crippen LogP contribution in [0, 0.1) is 22.0 Å². The first-order valence-electron chi connectivity index (χ1n) is 5.07. The standard InChI is InChI=1S/C6H5ClN2O2.C5H8O.ClH/c7-4-1-2-5(8)6(3-4)9(10)11;1-3-4(2)5(3)6;/h1-3H,8H2;3-4H,1-2H3;1H/p-1. The van der Waals surface area contributed by atoms with Gasteiger partial charge >= 0.3 is 0 Å². The van der Waals surface area contributed by atoms with Gasteiger partial charge in [-0.15, -0.1) is 0 Å². The van der Waals surface area contributed by atoms with E-state index in [1.54, 1.807) is 0 Å². The van der Waals surface area contributed by atoms with Crippen LogP contribution in [0.15, 0.2) is 18.2 Å². The molecule has 2 unspecified atom stereocenters. The third-order valence-electron chi connectivity index (χ3n) is 2.73. The molecule has 1 saturated carbocycles. The number of Topliss-reactive ketones (excluding diaryl/α,β-unsaturated/α-hetero) is 1. The van der Waals surface area contributed by atoms with Gasteiger partial charge in [0.25, 0.3) is 5.69 Å². The van der Waals surface area contributed by atoms with Crippen LogP contribution in [-0.4, -0.2) is 10.7 Å². The van der Waals surface area contributed by atoms with Crippen LogP contribution in [0.2, 0.25) is 5.02 Å². The van der Waals surface area contributed by atoms with E-state index in [0.717, 1.165) is 0 Å². The van der Waals surface area contributed by atoms with E-state index in [2.05, 4.69) is 0 Å². The Bertz CT molecular complexity index is 456. The van der Waals surface area contributed by atoms with Gasteiger partial charge in [-0.05, 0) is 12.1 Å². The number of nitrogens with two attached hydrogens (primary N) is 1. The van der Waals surface area contributed by atoms with Gasteiger partial charge in [-0.2, -0.15) is 0 Å². The van der Waals surface area contributed by atoms with E-state index < -0.39 is 4.92 Å². The first-order valence-corrected chi connectivity index (χ1v) is 5.45. The molecule has 0 radical (unpaired) electrons. The van der Waals surface area contributed by atoms with E-state index in [4.69, 9.17) is 17.3 Å². The van der Waals surface area contributed by atoms with Crippen molar-refractivity contribution in [3.05, 3.63) is 33.3 Å². The van der Waals surface area contributed by atoms with Gasteiger partial charge in [-0.1, -0.05) is 25.4 Å². The Hall–Kier alpha value is -1.33. The molecular formula is C11H13Cl2N2O3-. The molecule has 2 N–H and O–H groups in total. The summed E-state index contributed by atoms with van der Waals surface area (Å²) < 4.78 is 0. The number of hydrogen-bond donors (Lipinski definition) is 1. The fourth-order valence-corrected chi connectivity index (χ4v) is 1.37. The third-order valence-corrected chi connectivity index (χ3v) is 2.96. The quantitative estimate of drug-likeness (QED) is 0.436. The lowest BCUT2D eigenvalue weighted by Crippen LogP contribution is -3.00. The molecule has 1 aliphatic rings. The molecule has 0 spiro atoms. The van der Waals surface area contributed by atoms with Crippen molar-refractivity contribution in [1.82, 2.24) is 0 Å². The van der Waals surface area contributed by atoms with Gasteiger partial charge in [0.2, 0.25) is 0 Å². The van der Waals surface area contributed by atoms with E-state index >= 15 is 0 Å². The van der Waals surface area contributed by atoms with Crippen LogP contribution in [0.25, 0.3) is 0 Å². The minimum atomic E-state index is -0.568. The maximum Gasteiger partial charge on any atom is 0.293 e. The monoisotopic (exact) mass is 291 g/mol. The normalized spacial score (nSPS) is 20.3. The van der Waals surface area contributed by atoms with Crippen LogP contribution in [-0.2, 0) is 4.79 Å². The molecular weight excluding hydrogens is 279 g/mol. The van der Waals surface area contributed by atoms with Gasteiger partial charge in [-0.25, -0.2) is 0 Å². The third kappa shape index (κ3) is 4.16. The van der Waals surface area contributed by atoms with Crippen LogP contribution in [0.4, 0.5) is 11.4 Å². The second kappa shape index (κ2) is 6.56. The van der Waals surface area contributed by atoms with Crippen LogP contribution in [0.5, 0.6) is 0 Å². The molecule has 1 aromatic carbocycles. The zero-order valence-corrected chi connectivity index (χ0v) is 11.4. The highest BCUT2D eigenvalue weighted by atomic mass is 35.5. The topological polar surface area (TPSA) is 86.2 Å². The molecule has 0 saturated heterocycles. The van der Waals surface area contributed by atoms with Crippen molar-refractivity contribution in [1.29, 1.82) is 0 Å². The number of rotatable bonds is 1. The van der Waals surface area contributed by atoms with Crippen molar-refractivity contribution in [2.45, 2.75) is 13.8 Å². The molecule has 2 rings (SSSR count). The number of nitro groups is 1. The Labute approximate surface area is 116 Å². The molecule has 18 heavy (non-hydrogen) atoms. The molecule has 0 amide bonds. The Morgan fingerprint density at radius 2 is 1.78 bits per heavy atom. The van der Waals surface area contributed by atoms with Crippen molar-refractivity contribution in [3.8, 4) is 0 Å². The highest BCUT2D eigenvalue weighted by Crippen LogP contribution is 2.31. The molecule has 0 aliphatic heterocycles. The highest BCUT2D eigenvalue weighted by Gasteiger charge is 2.40. The summed E-state index contributed by atoms with van der Waals surface area (Å²) in [4.78, 5) is 19.9. The van der Waals surface area contributed by atoms with Gasteiger partial charge in [-0.3, -0.25) is 14.9 Å². The summed E-state index contributed by atoms with van der Waals surface area (Å²) >= 11 is 5.50. The molecule has 100 valence electrons. The Morgan fingerprint density at radius 1 is 1.33 bits per heavy atom. The molecule has 0 bridgehead atoms. The average Bonchev–Trinajstić information content (AvgIpc) is 2.79. The number of hydrogen-bond acceptors (Lipinski definition) is 4. The predicted octanol–water partition coefficient (Wildman–Crippen LogP) is -0.324. The number of ketones is 1. The molecule has 1 aliphatic carbocycles. The number of halogens is 2. The van der Waals surface area contributed by atoms with Crippen LogP contribution in [0.1, 0.15) is 13.8 Å². The number of anilines is 1. The lowest BCUT2D eigenvalue weighted by molar-refractivity contribution is -0.383. The minimum absolute atomic E-state index is 0. The maximum absolute atomic E-state index is 10.2. The van der Waals surface area contributed by atoms with Gasteiger partial charge in [0, 0.05) is 22.9 Å². The summed E-state index contributed by atoms with van der Waals surface area (Å²) in [5.41, 5.74) is 5.26.